The molecule has 2 aliphatic rings. The second-order valence-corrected chi connectivity index (χ2v) is 6.63. The summed E-state index contributed by atoms with van der Waals surface area (Å²) in [5, 5.41) is 3.53. The van der Waals surface area contributed by atoms with Gasteiger partial charge >= 0.3 is 0 Å². The number of benzene rings is 1. The number of carbonyl (C=O) groups is 2. The van der Waals surface area contributed by atoms with Crippen molar-refractivity contribution in [2.24, 2.45) is 5.92 Å². The van der Waals surface area contributed by atoms with Crippen LogP contribution in [-0.2, 0) is 9.59 Å². The van der Waals surface area contributed by atoms with Crippen molar-refractivity contribution >= 4 is 23.4 Å². The molecule has 1 N–H and O–H groups in total. The van der Waals surface area contributed by atoms with Crippen LogP contribution >= 0.6 is 11.6 Å². The van der Waals surface area contributed by atoms with E-state index in [2.05, 4.69) is 5.32 Å². The second kappa shape index (κ2) is 5.02. The minimum absolute atomic E-state index is 0.0112. The lowest BCUT2D eigenvalue weighted by Crippen LogP contribution is -2.66. The van der Waals surface area contributed by atoms with E-state index in [9.17, 15) is 9.59 Å². The highest BCUT2D eigenvalue weighted by atomic mass is 35.5. The minimum Gasteiger partial charge on any atom is -0.340 e. The standard InChI is InChI=1S/C16H19ClN2O2/c1-10(11-4-3-5-13(17)8-11)19-9-14(20)18-16(2,15(19)21)12-6-7-12/h3-5,8,10,12H,6-7,9H2,1-2H3,(H,18,20). The van der Waals surface area contributed by atoms with E-state index in [1.54, 1.807) is 11.0 Å². The Hall–Kier alpha value is -1.55. The maximum Gasteiger partial charge on any atom is 0.249 e. The first-order valence-corrected chi connectivity index (χ1v) is 7.67. The summed E-state index contributed by atoms with van der Waals surface area (Å²) in [5.74, 6) is 0.193. The predicted molar refractivity (Wildman–Crippen MR) is 80.9 cm³/mol. The first-order chi connectivity index (χ1) is 9.91. The van der Waals surface area contributed by atoms with Crippen LogP contribution in [0.2, 0.25) is 5.02 Å². The van der Waals surface area contributed by atoms with E-state index in [1.807, 2.05) is 32.0 Å². The molecule has 2 amide bonds. The molecule has 1 saturated heterocycles. The third-order valence-electron chi connectivity index (χ3n) is 4.61. The van der Waals surface area contributed by atoms with E-state index >= 15 is 0 Å². The van der Waals surface area contributed by atoms with Crippen LogP contribution in [0.5, 0.6) is 0 Å². The molecule has 2 fully saturated rings. The lowest BCUT2D eigenvalue weighted by Gasteiger charge is -2.42. The Bertz CT molecular complexity index is 600. The number of halogens is 1. The van der Waals surface area contributed by atoms with Crippen LogP contribution < -0.4 is 5.32 Å². The van der Waals surface area contributed by atoms with Crippen LogP contribution in [0.25, 0.3) is 0 Å². The zero-order valence-corrected chi connectivity index (χ0v) is 13.0. The first-order valence-electron chi connectivity index (χ1n) is 7.29. The number of amides is 2. The normalized spacial score (nSPS) is 27.5. The Morgan fingerprint density at radius 3 is 2.71 bits per heavy atom. The van der Waals surface area contributed by atoms with Gasteiger partial charge in [0.25, 0.3) is 0 Å². The predicted octanol–water partition coefficient (Wildman–Crippen LogP) is 2.53. The van der Waals surface area contributed by atoms with Gasteiger partial charge in [0.05, 0.1) is 6.04 Å². The summed E-state index contributed by atoms with van der Waals surface area (Å²) in [7, 11) is 0. The molecule has 0 aromatic heterocycles. The average molecular weight is 307 g/mol. The van der Waals surface area contributed by atoms with Crippen molar-refractivity contribution in [1.29, 1.82) is 0 Å². The fourth-order valence-electron chi connectivity index (χ4n) is 3.10. The van der Waals surface area contributed by atoms with Gasteiger partial charge in [-0.1, -0.05) is 23.7 Å². The summed E-state index contributed by atoms with van der Waals surface area (Å²) in [6.07, 6.45) is 2.00. The topological polar surface area (TPSA) is 49.4 Å². The SMILES string of the molecule is CC(c1cccc(Cl)c1)N1CC(=O)NC(C)(C2CC2)C1=O. The van der Waals surface area contributed by atoms with Crippen LogP contribution in [0.4, 0.5) is 0 Å². The van der Waals surface area contributed by atoms with Gasteiger partial charge in [0.2, 0.25) is 11.8 Å². The first kappa shape index (κ1) is 14.4. The molecule has 2 unspecified atom stereocenters. The van der Waals surface area contributed by atoms with Gasteiger partial charge in [-0.25, -0.2) is 0 Å². The Morgan fingerprint density at radius 2 is 2.10 bits per heavy atom. The molecule has 3 rings (SSSR count). The minimum atomic E-state index is -0.748. The fraction of sp³-hybridized carbons (Fsp3) is 0.500. The molecular formula is C16H19ClN2O2. The van der Waals surface area contributed by atoms with Crippen LogP contribution in [-0.4, -0.2) is 28.8 Å². The molecule has 1 saturated carbocycles. The maximum atomic E-state index is 12.9. The van der Waals surface area contributed by atoms with E-state index in [0.29, 0.717) is 5.02 Å². The Morgan fingerprint density at radius 1 is 1.38 bits per heavy atom. The van der Waals surface area contributed by atoms with Crippen molar-refractivity contribution < 1.29 is 9.59 Å². The number of hydrogen-bond acceptors (Lipinski definition) is 2. The quantitative estimate of drug-likeness (QED) is 0.933. The van der Waals surface area contributed by atoms with Gasteiger partial charge in [-0.05, 0) is 50.3 Å². The number of hydrogen-bond donors (Lipinski definition) is 1. The molecule has 1 aromatic carbocycles. The smallest absolute Gasteiger partial charge is 0.249 e. The van der Waals surface area contributed by atoms with Crippen molar-refractivity contribution in [2.75, 3.05) is 6.54 Å². The van der Waals surface area contributed by atoms with Gasteiger partial charge in [0.1, 0.15) is 12.1 Å². The zero-order valence-electron chi connectivity index (χ0n) is 12.2. The van der Waals surface area contributed by atoms with Gasteiger partial charge in [0, 0.05) is 5.02 Å². The van der Waals surface area contributed by atoms with E-state index < -0.39 is 5.54 Å². The third kappa shape index (κ3) is 2.53. The van der Waals surface area contributed by atoms with Gasteiger partial charge in [-0.3, -0.25) is 9.59 Å². The molecular weight excluding hydrogens is 288 g/mol. The average Bonchev–Trinajstić information content (AvgIpc) is 3.27. The van der Waals surface area contributed by atoms with Gasteiger partial charge < -0.3 is 10.2 Å². The lowest BCUT2D eigenvalue weighted by molar-refractivity contribution is -0.152. The molecule has 112 valence electrons. The lowest BCUT2D eigenvalue weighted by atomic mass is 9.90. The second-order valence-electron chi connectivity index (χ2n) is 6.19. The largest absolute Gasteiger partial charge is 0.340 e. The van der Waals surface area contributed by atoms with E-state index in [0.717, 1.165) is 18.4 Å². The number of nitrogens with one attached hydrogen (secondary N) is 1. The summed E-state index contributed by atoms with van der Waals surface area (Å²) in [6.45, 7) is 3.89. The number of carbonyl (C=O) groups excluding carboxylic acids is 2. The highest BCUT2D eigenvalue weighted by molar-refractivity contribution is 6.30. The summed E-state index contributed by atoms with van der Waals surface area (Å²) in [6, 6.07) is 7.28. The number of rotatable bonds is 3. The highest BCUT2D eigenvalue weighted by Crippen LogP contribution is 2.42. The molecule has 1 aliphatic heterocycles. The van der Waals surface area contributed by atoms with Crippen molar-refractivity contribution in [1.82, 2.24) is 10.2 Å². The Balaban J connectivity index is 1.89. The molecule has 2 atom stereocenters. The summed E-state index contributed by atoms with van der Waals surface area (Å²) in [4.78, 5) is 26.6. The number of piperazine rings is 1. The van der Waals surface area contributed by atoms with Crippen LogP contribution in [0, 0.1) is 5.92 Å². The van der Waals surface area contributed by atoms with Crippen LogP contribution in [0.1, 0.15) is 38.3 Å². The molecule has 0 radical (unpaired) electrons. The summed E-state index contributed by atoms with van der Waals surface area (Å²) < 4.78 is 0. The monoisotopic (exact) mass is 306 g/mol. The molecule has 1 aromatic rings. The van der Waals surface area contributed by atoms with E-state index in [1.165, 1.54) is 0 Å². The molecule has 21 heavy (non-hydrogen) atoms. The Labute approximate surface area is 129 Å². The maximum absolute atomic E-state index is 12.9. The number of nitrogens with zero attached hydrogens (tertiary/aromatic N) is 1. The highest BCUT2D eigenvalue weighted by Gasteiger charge is 2.53. The summed E-state index contributed by atoms with van der Waals surface area (Å²) in [5.41, 5.74) is 0.200. The van der Waals surface area contributed by atoms with Gasteiger partial charge in [-0.2, -0.15) is 0 Å². The van der Waals surface area contributed by atoms with Crippen molar-refractivity contribution in [3.63, 3.8) is 0 Å². The van der Waals surface area contributed by atoms with Gasteiger partial charge in [-0.15, -0.1) is 0 Å². The van der Waals surface area contributed by atoms with Crippen molar-refractivity contribution in [3.8, 4) is 0 Å². The molecule has 5 heteroatoms. The zero-order chi connectivity index (χ0) is 15.2. The van der Waals surface area contributed by atoms with Gasteiger partial charge in [0.15, 0.2) is 0 Å². The summed E-state index contributed by atoms with van der Waals surface area (Å²) >= 11 is 6.03. The van der Waals surface area contributed by atoms with Crippen molar-refractivity contribution in [3.05, 3.63) is 34.9 Å². The molecule has 0 spiro atoms. The van der Waals surface area contributed by atoms with E-state index in [-0.39, 0.29) is 30.3 Å². The third-order valence-corrected chi connectivity index (χ3v) is 4.85. The molecule has 4 nitrogen and oxygen atoms in total. The molecule has 0 bridgehead atoms. The van der Waals surface area contributed by atoms with Crippen LogP contribution in [0.3, 0.4) is 0 Å². The molecule has 1 heterocycles. The van der Waals surface area contributed by atoms with E-state index in [4.69, 9.17) is 11.6 Å². The fourth-order valence-corrected chi connectivity index (χ4v) is 3.30. The van der Waals surface area contributed by atoms with Crippen molar-refractivity contribution in [2.45, 2.75) is 38.3 Å². The molecule has 1 aliphatic carbocycles. The Kier molecular flexibility index (Phi) is 3.44. The van der Waals surface area contributed by atoms with Crippen LogP contribution in [0.15, 0.2) is 24.3 Å².